The predicted molar refractivity (Wildman–Crippen MR) is 59.3 cm³/mol. The molecule has 0 aromatic heterocycles. The van der Waals surface area contributed by atoms with Crippen molar-refractivity contribution in [3.8, 4) is 0 Å². The topological polar surface area (TPSA) is 49.3 Å². The molecular weight excluding hydrogens is 198 g/mol. The van der Waals surface area contributed by atoms with E-state index in [1.54, 1.807) is 6.92 Å². The normalized spacial score (nSPS) is 25.8. The maximum Gasteiger partial charge on any atom is 0.224 e. The van der Waals surface area contributed by atoms with Crippen LogP contribution >= 0.6 is 11.8 Å². The monoisotopic (exact) mass is 217 g/mol. The van der Waals surface area contributed by atoms with Gasteiger partial charge >= 0.3 is 0 Å². The number of nitrogens with one attached hydrogen (secondary N) is 1. The first-order valence-electron chi connectivity index (χ1n) is 5.15. The van der Waals surface area contributed by atoms with Crippen LogP contribution in [0.4, 0.5) is 0 Å². The number of rotatable bonds is 4. The third-order valence-electron chi connectivity index (χ3n) is 2.38. The van der Waals surface area contributed by atoms with Gasteiger partial charge in [-0.3, -0.25) is 4.79 Å². The summed E-state index contributed by atoms with van der Waals surface area (Å²) in [6.45, 7) is 3.68. The van der Waals surface area contributed by atoms with Crippen LogP contribution in [0.5, 0.6) is 0 Å². The van der Waals surface area contributed by atoms with Gasteiger partial charge in [0.2, 0.25) is 5.91 Å². The molecule has 0 saturated carbocycles. The third-order valence-corrected chi connectivity index (χ3v) is 3.55. The Bertz CT molecular complexity index is 191. The quantitative estimate of drug-likeness (QED) is 0.739. The van der Waals surface area contributed by atoms with Crippen molar-refractivity contribution >= 4 is 17.7 Å². The predicted octanol–water partition coefficient (Wildman–Crippen LogP) is 1.02. The van der Waals surface area contributed by atoms with Crippen molar-refractivity contribution in [3.05, 3.63) is 0 Å². The molecule has 1 aliphatic rings. The molecule has 0 radical (unpaired) electrons. The molecule has 1 aliphatic heterocycles. The van der Waals surface area contributed by atoms with Crippen molar-refractivity contribution in [2.45, 2.75) is 38.8 Å². The summed E-state index contributed by atoms with van der Waals surface area (Å²) < 4.78 is 0. The van der Waals surface area contributed by atoms with E-state index in [1.807, 2.05) is 18.7 Å². The van der Waals surface area contributed by atoms with E-state index in [9.17, 15) is 4.79 Å². The molecule has 3 nitrogen and oxygen atoms in total. The number of thioether (sulfide) groups is 1. The maximum atomic E-state index is 11.6. The minimum absolute atomic E-state index is 0.0769. The number of carbonyl (C=O) groups is 1. The summed E-state index contributed by atoms with van der Waals surface area (Å²) in [6.07, 6.45) is 1.28. The lowest BCUT2D eigenvalue weighted by molar-refractivity contribution is -0.125. The zero-order valence-corrected chi connectivity index (χ0v) is 9.64. The van der Waals surface area contributed by atoms with Crippen molar-refractivity contribution in [2.24, 2.45) is 5.92 Å². The van der Waals surface area contributed by atoms with Crippen LogP contribution < -0.4 is 5.32 Å². The Kier molecular flexibility index (Phi) is 4.75. The van der Waals surface area contributed by atoms with Crippen molar-refractivity contribution in [1.82, 2.24) is 5.32 Å². The molecule has 1 heterocycles. The van der Waals surface area contributed by atoms with Gasteiger partial charge in [0, 0.05) is 17.7 Å². The Morgan fingerprint density at radius 3 is 2.86 bits per heavy atom. The van der Waals surface area contributed by atoms with Crippen LogP contribution in [0.2, 0.25) is 0 Å². The van der Waals surface area contributed by atoms with Gasteiger partial charge in [0.15, 0.2) is 0 Å². The standard InChI is InChI=1S/C10H19NO2S/c1-7(5-8(2)12)11-10(13)9-3-4-14-6-9/h7-9,12H,3-6H2,1-2H3,(H,11,13). The van der Waals surface area contributed by atoms with E-state index < -0.39 is 0 Å². The molecular formula is C10H19NO2S. The van der Waals surface area contributed by atoms with Crippen LogP contribution in [0.3, 0.4) is 0 Å². The zero-order chi connectivity index (χ0) is 10.6. The summed E-state index contributed by atoms with van der Waals surface area (Å²) in [7, 11) is 0. The van der Waals surface area contributed by atoms with E-state index in [-0.39, 0.29) is 24.0 Å². The number of hydrogen-bond acceptors (Lipinski definition) is 3. The average Bonchev–Trinajstić information content (AvgIpc) is 2.53. The van der Waals surface area contributed by atoms with Gasteiger partial charge in [-0.25, -0.2) is 0 Å². The van der Waals surface area contributed by atoms with Crippen LogP contribution in [0.15, 0.2) is 0 Å². The Labute approximate surface area is 89.6 Å². The van der Waals surface area contributed by atoms with Gasteiger partial charge in [0.05, 0.1) is 6.10 Å². The molecule has 1 fully saturated rings. The second-order valence-corrected chi connectivity index (χ2v) is 5.20. The molecule has 1 saturated heterocycles. The van der Waals surface area contributed by atoms with E-state index in [2.05, 4.69) is 5.32 Å². The molecule has 3 atom stereocenters. The average molecular weight is 217 g/mol. The maximum absolute atomic E-state index is 11.6. The Morgan fingerprint density at radius 2 is 2.36 bits per heavy atom. The zero-order valence-electron chi connectivity index (χ0n) is 8.82. The Balaban J connectivity index is 2.25. The molecule has 0 aromatic carbocycles. The number of aliphatic hydroxyl groups is 1. The molecule has 2 N–H and O–H groups in total. The lowest BCUT2D eigenvalue weighted by atomic mass is 10.1. The van der Waals surface area contributed by atoms with E-state index in [1.165, 1.54) is 0 Å². The van der Waals surface area contributed by atoms with Crippen molar-refractivity contribution in [3.63, 3.8) is 0 Å². The highest BCUT2D eigenvalue weighted by Gasteiger charge is 2.24. The minimum atomic E-state index is -0.344. The first-order chi connectivity index (χ1) is 6.59. The summed E-state index contributed by atoms with van der Waals surface area (Å²) in [6, 6.07) is 0.0769. The molecule has 0 aromatic rings. The number of amides is 1. The number of hydrogen-bond donors (Lipinski definition) is 2. The molecule has 14 heavy (non-hydrogen) atoms. The number of aliphatic hydroxyl groups excluding tert-OH is 1. The van der Waals surface area contributed by atoms with Crippen LogP contribution in [0, 0.1) is 5.92 Å². The highest BCUT2D eigenvalue weighted by Crippen LogP contribution is 2.23. The summed E-state index contributed by atoms with van der Waals surface area (Å²) in [5.41, 5.74) is 0. The van der Waals surface area contributed by atoms with Crippen LogP contribution in [-0.2, 0) is 4.79 Å². The van der Waals surface area contributed by atoms with Gasteiger partial charge in [-0.1, -0.05) is 0 Å². The lowest BCUT2D eigenvalue weighted by Gasteiger charge is -2.17. The molecule has 0 bridgehead atoms. The molecule has 0 spiro atoms. The van der Waals surface area contributed by atoms with E-state index in [0.717, 1.165) is 17.9 Å². The minimum Gasteiger partial charge on any atom is -0.393 e. The molecule has 1 rings (SSSR count). The Hall–Kier alpha value is -0.220. The van der Waals surface area contributed by atoms with E-state index in [0.29, 0.717) is 6.42 Å². The smallest absolute Gasteiger partial charge is 0.224 e. The van der Waals surface area contributed by atoms with Crippen molar-refractivity contribution < 1.29 is 9.90 Å². The lowest BCUT2D eigenvalue weighted by Crippen LogP contribution is -2.38. The fourth-order valence-electron chi connectivity index (χ4n) is 1.67. The second-order valence-electron chi connectivity index (χ2n) is 4.05. The largest absolute Gasteiger partial charge is 0.393 e. The summed E-state index contributed by atoms with van der Waals surface area (Å²) >= 11 is 1.84. The van der Waals surface area contributed by atoms with Gasteiger partial charge in [-0.2, -0.15) is 11.8 Å². The molecule has 3 unspecified atom stereocenters. The molecule has 4 heteroatoms. The Morgan fingerprint density at radius 1 is 1.64 bits per heavy atom. The SMILES string of the molecule is CC(O)CC(C)NC(=O)C1CCSC1. The van der Waals surface area contributed by atoms with Crippen LogP contribution in [-0.4, -0.2) is 34.7 Å². The summed E-state index contributed by atoms with van der Waals surface area (Å²) in [5.74, 6) is 2.40. The second kappa shape index (κ2) is 5.61. The number of carbonyl (C=O) groups excluding carboxylic acids is 1. The fraction of sp³-hybridized carbons (Fsp3) is 0.900. The molecule has 0 aliphatic carbocycles. The summed E-state index contributed by atoms with van der Waals surface area (Å²) in [4.78, 5) is 11.6. The van der Waals surface area contributed by atoms with Crippen LogP contribution in [0.1, 0.15) is 26.7 Å². The first-order valence-corrected chi connectivity index (χ1v) is 6.31. The van der Waals surface area contributed by atoms with Crippen molar-refractivity contribution in [2.75, 3.05) is 11.5 Å². The van der Waals surface area contributed by atoms with Crippen LogP contribution in [0.25, 0.3) is 0 Å². The van der Waals surface area contributed by atoms with Crippen molar-refractivity contribution in [1.29, 1.82) is 0 Å². The summed E-state index contributed by atoms with van der Waals surface area (Å²) in [5, 5.41) is 12.1. The van der Waals surface area contributed by atoms with Gasteiger partial charge in [0.1, 0.15) is 0 Å². The molecule has 82 valence electrons. The van der Waals surface area contributed by atoms with Gasteiger partial charge in [-0.05, 0) is 32.4 Å². The highest BCUT2D eigenvalue weighted by molar-refractivity contribution is 7.99. The third kappa shape index (κ3) is 3.88. The highest BCUT2D eigenvalue weighted by atomic mass is 32.2. The first kappa shape index (κ1) is 11.9. The molecule has 1 amide bonds. The van der Waals surface area contributed by atoms with Gasteiger partial charge in [0.25, 0.3) is 0 Å². The van der Waals surface area contributed by atoms with E-state index >= 15 is 0 Å². The van der Waals surface area contributed by atoms with Gasteiger partial charge < -0.3 is 10.4 Å². The fourth-order valence-corrected chi connectivity index (χ4v) is 2.89. The van der Waals surface area contributed by atoms with Gasteiger partial charge in [-0.15, -0.1) is 0 Å². The van der Waals surface area contributed by atoms with E-state index in [4.69, 9.17) is 5.11 Å².